The molecule has 0 bridgehead atoms. The van der Waals surface area contributed by atoms with Crippen LogP contribution in [0, 0.1) is 18.3 Å². The molecular formula is C30H26FN3O3S. The second-order valence-corrected chi connectivity index (χ2v) is 11.9. The zero-order valence-electron chi connectivity index (χ0n) is 21.1. The largest absolute Gasteiger partial charge is 0.340 e. The lowest BCUT2D eigenvalue weighted by Gasteiger charge is -2.31. The number of nitrogens with one attached hydrogen (secondary N) is 1. The van der Waals surface area contributed by atoms with Crippen LogP contribution in [0.3, 0.4) is 0 Å². The summed E-state index contributed by atoms with van der Waals surface area (Å²) in [5, 5.41) is 2.07. The van der Waals surface area contributed by atoms with Gasteiger partial charge in [0, 0.05) is 45.9 Å². The average Bonchev–Trinajstić information content (AvgIpc) is 3.23. The molecule has 3 heterocycles. The summed E-state index contributed by atoms with van der Waals surface area (Å²) in [4.78, 5) is 21.0. The highest BCUT2D eigenvalue weighted by Gasteiger charge is 2.27. The number of pyridine rings is 2. The summed E-state index contributed by atoms with van der Waals surface area (Å²) in [5.41, 5.74) is 5.08. The van der Waals surface area contributed by atoms with Crippen LogP contribution in [0.4, 0.5) is 3.89 Å². The molecule has 1 fully saturated rings. The molecular weight excluding hydrogens is 501 g/mol. The molecule has 0 unspecified atom stereocenters. The standard InChI is InChI=1S/C30H26FN3O3S/c1-4-18-8-9-23-26(11-18)33-30-28(23)29(35)25-13-19(10-17(2)3)24(14-27(25)34(30)21-6-5-7-21)20-12-22(16-32-15-20)38(31,36)37/h1,8-9,11-17,21,33H,5-7,10H2,2-3H3. The fourth-order valence-electron chi connectivity index (χ4n) is 5.55. The quantitative estimate of drug-likeness (QED) is 0.216. The van der Waals surface area contributed by atoms with E-state index in [0.717, 1.165) is 64.2 Å². The highest BCUT2D eigenvalue weighted by molar-refractivity contribution is 7.86. The van der Waals surface area contributed by atoms with Crippen molar-refractivity contribution in [2.24, 2.45) is 5.92 Å². The van der Waals surface area contributed by atoms with Crippen molar-refractivity contribution in [3.8, 4) is 23.5 Å². The molecule has 1 aliphatic carbocycles. The molecule has 8 heteroatoms. The van der Waals surface area contributed by atoms with Crippen LogP contribution in [0.5, 0.6) is 0 Å². The number of H-pyrrole nitrogens is 1. The molecule has 1 saturated carbocycles. The predicted molar refractivity (Wildman–Crippen MR) is 148 cm³/mol. The third-order valence-corrected chi connectivity index (χ3v) is 8.30. The van der Waals surface area contributed by atoms with Crippen LogP contribution < -0.4 is 5.43 Å². The maximum atomic E-state index is 14.1. The van der Waals surface area contributed by atoms with Crippen molar-refractivity contribution in [1.29, 1.82) is 0 Å². The van der Waals surface area contributed by atoms with Crippen molar-refractivity contribution in [2.75, 3.05) is 0 Å². The molecule has 5 aromatic rings. The Kier molecular flexibility index (Phi) is 5.65. The summed E-state index contributed by atoms with van der Waals surface area (Å²) in [6.45, 7) is 4.15. The van der Waals surface area contributed by atoms with Gasteiger partial charge in [0.1, 0.15) is 10.5 Å². The van der Waals surface area contributed by atoms with Gasteiger partial charge in [0.2, 0.25) is 0 Å². The van der Waals surface area contributed by atoms with E-state index in [0.29, 0.717) is 22.8 Å². The Labute approximate surface area is 219 Å². The monoisotopic (exact) mass is 527 g/mol. The van der Waals surface area contributed by atoms with Crippen molar-refractivity contribution < 1.29 is 12.3 Å². The Balaban J connectivity index is 1.74. The molecule has 3 aromatic heterocycles. The van der Waals surface area contributed by atoms with Crippen LogP contribution in [0.2, 0.25) is 0 Å². The van der Waals surface area contributed by atoms with Gasteiger partial charge in [-0.05, 0) is 73.1 Å². The van der Waals surface area contributed by atoms with E-state index in [1.807, 2.05) is 30.3 Å². The molecule has 0 aliphatic heterocycles. The maximum Gasteiger partial charge on any atom is 0.333 e. The molecule has 192 valence electrons. The van der Waals surface area contributed by atoms with E-state index in [9.17, 15) is 17.1 Å². The smallest absolute Gasteiger partial charge is 0.333 e. The number of aromatic nitrogens is 3. The molecule has 2 aromatic carbocycles. The van der Waals surface area contributed by atoms with E-state index in [1.54, 1.807) is 0 Å². The predicted octanol–water partition coefficient (Wildman–Crippen LogP) is 6.26. The molecule has 6 rings (SSSR count). The summed E-state index contributed by atoms with van der Waals surface area (Å²) in [6.07, 6.45) is 11.9. The van der Waals surface area contributed by atoms with Crippen molar-refractivity contribution >= 4 is 43.1 Å². The first kappa shape index (κ1) is 24.4. The van der Waals surface area contributed by atoms with Crippen LogP contribution in [-0.2, 0) is 16.6 Å². The van der Waals surface area contributed by atoms with Gasteiger partial charge in [0.25, 0.3) is 0 Å². The molecule has 1 N–H and O–H groups in total. The van der Waals surface area contributed by atoms with Gasteiger partial charge in [0.05, 0.1) is 10.9 Å². The first-order chi connectivity index (χ1) is 18.2. The van der Waals surface area contributed by atoms with Crippen LogP contribution >= 0.6 is 0 Å². The fraction of sp³-hybridized carbons (Fsp3) is 0.267. The Bertz CT molecular complexity index is 1980. The van der Waals surface area contributed by atoms with E-state index in [4.69, 9.17) is 6.42 Å². The number of hydrogen-bond donors (Lipinski definition) is 1. The highest BCUT2D eigenvalue weighted by atomic mass is 32.3. The van der Waals surface area contributed by atoms with Gasteiger partial charge in [-0.25, -0.2) is 0 Å². The number of benzene rings is 2. The van der Waals surface area contributed by atoms with Gasteiger partial charge in [-0.2, -0.15) is 8.42 Å². The minimum atomic E-state index is -4.92. The van der Waals surface area contributed by atoms with Gasteiger partial charge in [-0.1, -0.05) is 25.8 Å². The Morgan fingerprint density at radius 3 is 2.61 bits per heavy atom. The minimum absolute atomic E-state index is 0.0694. The summed E-state index contributed by atoms with van der Waals surface area (Å²) in [6, 6.07) is 11.0. The Hall–Kier alpha value is -3.96. The van der Waals surface area contributed by atoms with E-state index < -0.39 is 15.1 Å². The number of rotatable bonds is 5. The van der Waals surface area contributed by atoms with E-state index >= 15 is 0 Å². The summed E-state index contributed by atoms with van der Waals surface area (Å²) in [5.74, 6) is 2.92. The fourth-order valence-corrected chi connectivity index (χ4v) is 6.01. The van der Waals surface area contributed by atoms with Crippen LogP contribution in [-0.4, -0.2) is 23.0 Å². The lowest BCUT2D eigenvalue weighted by atomic mass is 9.89. The lowest BCUT2D eigenvalue weighted by molar-refractivity contribution is 0.327. The zero-order chi connectivity index (χ0) is 26.8. The van der Waals surface area contributed by atoms with E-state index in [1.165, 1.54) is 12.3 Å². The third-order valence-electron chi connectivity index (χ3n) is 7.51. The van der Waals surface area contributed by atoms with E-state index in [2.05, 4.69) is 34.3 Å². The molecule has 0 saturated heterocycles. The minimum Gasteiger partial charge on any atom is -0.340 e. The second-order valence-electron chi connectivity index (χ2n) is 10.5. The molecule has 6 nitrogen and oxygen atoms in total. The second kappa shape index (κ2) is 8.81. The summed E-state index contributed by atoms with van der Waals surface area (Å²) >= 11 is 0. The molecule has 0 atom stereocenters. The van der Waals surface area contributed by atoms with Gasteiger partial charge in [0.15, 0.2) is 5.43 Å². The first-order valence-corrected chi connectivity index (χ1v) is 14.1. The number of nitrogens with zero attached hydrogens (tertiary/aromatic N) is 2. The SMILES string of the molecule is C#Cc1ccc2c(c1)[nH]c1c2c(=O)c2cc(CC(C)C)c(-c3cncc(S(=O)(=O)F)c3)cc2n1C1CCC1. The number of terminal acetylenes is 1. The first-order valence-electron chi connectivity index (χ1n) is 12.7. The molecule has 1 aliphatic rings. The number of halogens is 1. The average molecular weight is 528 g/mol. The molecule has 38 heavy (non-hydrogen) atoms. The number of hydrogen-bond acceptors (Lipinski definition) is 4. The van der Waals surface area contributed by atoms with Crippen LogP contribution in [0.15, 0.2) is 58.5 Å². The third kappa shape index (κ3) is 3.89. The van der Waals surface area contributed by atoms with Gasteiger partial charge >= 0.3 is 10.2 Å². The van der Waals surface area contributed by atoms with Crippen LogP contribution in [0.1, 0.15) is 50.3 Å². The molecule has 0 spiro atoms. The van der Waals surface area contributed by atoms with Crippen molar-refractivity contribution in [3.05, 3.63) is 70.1 Å². The van der Waals surface area contributed by atoms with Crippen molar-refractivity contribution in [3.63, 3.8) is 0 Å². The van der Waals surface area contributed by atoms with E-state index in [-0.39, 0.29) is 17.4 Å². The number of fused-ring (bicyclic) bond motifs is 4. The Morgan fingerprint density at radius 1 is 1.16 bits per heavy atom. The van der Waals surface area contributed by atoms with Gasteiger partial charge < -0.3 is 9.55 Å². The topological polar surface area (TPSA) is 84.8 Å². The van der Waals surface area contributed by atoms with Crippen molar-refractivity contribution in [2.45, 2.75) is 50.5 Å². The van der Waals surface area contributed by atoms with Gasteiger partial charge in [-0.15, -0.1) is 10.3 Å². The maximum absolute atomic E-state index is 14.1. The zero-order valence-corrected chi connectivity index (χ0v) is 21.9. The normalized spacial score (nSPS) is 14.4. The highest BCUT2D eigenvalue weighted by Crippen LogP contribution is 2.40. The summed E-state index contributed by atoms with van der Waals surface area (Å²) in [7, 11) is -4.92. The lowest BCUT2D eigenvalue weighted by Crippen LogP contribution is -2.21. The molecule has 0 amide bonds. The van der Waals surface area contributed by atoms with Gasteiger partial charge in [-0.3, -0.25) is 9.78 Å². The van der Waals surface area contributed by atoms with Crippen LogP contribution in [0.25, 0.3) is 44.0 Å². The summed E-state index contributed by atoms with van der Waals surface area (Å²) < 4.78 is 39.3. The number of aromatic amines is 1. The molecule has 0 radical (unpaired) electrons. The Morgan fingerprint density at radius 2 is 1.95 bits per heavy atom. The van der Waals surface area contributed by atoms with Crippen molar-refractivity contribution in [1.82, 2.24) is 14.5 Å².